The zero-order valence-corrected chi connectivity index (χ0v) is 10.9. The lowest BCUT2D eigenvalue weighted by Crippen LogP contribution is -2.55. The van der Waals surface area contributed by atoms with Crippen molar-refractivity contribution in [2.24, 2.45) is 5.73 Å². The number of aliphatic hydroxyl groups is 1. The van der Waals surface area contributed by atoms with E-state index < -0.39 is 24.0 Å². The summed E-state index contributed by atoms with van der Waals surface area (Å²) in [5, 5.41) is 9.60. The van der Waals surface area contributed by atoms with E-state index in [1.54, 1.807) is 30.3 Å². The van der Waals surface area contributed by atoms with Crippen molar-refractivity contribution in [2.75, 3.05) is 14.1 Å². The lowest BCUT2D eigenvalue weighted by atomic mass is 9.97. The second kappa shape index (κ2) is 6.08. The van der Waals surface area contributed by atoms with Crippen molar-refractivity contribution >= 4 is 5.91 Å². The van der Waals surface area contributed by atoms with Crippen molar-refractivity contribution in [3.8, 4) is 0 Å². The van der Waals surface area contributed by atoms with Crippen molar-refractivity contribution in [1.82, 2.24) is 4.90 Å². The Labute approximate surface area is 110 Å². The van der Waals surface area contributed by atoms with Crippen LogP contribution in [0.5, 0.6) is 0 Å². The number of benzene rings is 1. The summed E-state index contributed by atoms with van der Waals surface area (Å²) in [6.45, 7) is 0. The Balaban J connectivity index is 2.76. The van der Waals surface area contributed by atoms with Crippen molar-refractivity contribution in [3.63, 3.8) is 0 Å². The van der Waals surface area contributed by atoms with Gasteiger partial charge in [-0.2, -0.15) is 8.78 Å². The summed E-state index contributed by atoms with van der Waals surface area (Å²) in [7, 11) is 2.40. The quantitative estimate of drug-likeness (QED) is 0.826. The second-order valence-electron chi connectivity index (χ2n) is 4.62. The van der Waals surface area contributed by atoms with Crippen LogP contribution in [0.4, 0.5) is 8.78 Å². The van der Waals surface area contributed by atoms with Gasteiger partial charge in [0.2, 0.25) is 0 Å². The number of carbonyl (C=O) groups is 1. The Bertz CT molecular complexity index is 424. The van der Waals surface area contributed by atoms with Gasteiger partial charge in [-0.05, 0) is 12.0 Å². The van der Waals surface area contributed by atoms with Crippen LogP contribution in [0.25, 0.3) is 0 Å². The zero-order chi connectivity index (χ0) is 14.6. The molecular weight excluding hydrogens is 254 g/mol. The summed E-state index contributed by atoms with van der Waals surface area (Å²) in [5.74, 6) is -5.35. The maximum atomic E-state index is 13.7. The lowest BCUT2D eigenvalue weighted by molar-refractivity contribution is -0.174. The highest BCUT2D eigenvalue weighted by atomic mass is 19.3. The molecule has 6 heteroatoms. The summed E-state index contributed by atoms with van der Waals surface area (Å²) < 4.78 is 27.4. The molecule has 2 atom stereocenters. The molecule has 0 radical (unpaired) electrons. The van der Waals surface area contributed by atoms with Gasteiger partial charge in [0.05, 0.1) is 0 Å². The topological polar surface area (TPSA) is 66.6 Å². The fourth-order valence-corrected chi connectivity index (χ4v) is 1.69. The maximum Gasteiger partial charge on any atom is 0.351 e. The summed E-state index contributed by atoms with van der Waals surface area (Å²) in [5.41, 5.74) is 6.30. The summed E-state index contributed by atoms with van der Waals surface area (Å²) in [6, 6.07) is 7.50. The first-order valence-corrected chi connectivity index (χ1v) is 5.84. The number of hydrogen-bond acceptors (Lipinski definition) is 3. The number of halogens is 2. The van der Waals surface area contributed by atoms with Crippen molar-refractivity contribution < 1.29 is 18.7 Å². The molecule has 1 aromatic rings. The number of rotatable bonds is 5. The van der Waals surface area contributed by atoms with Gasteiger partial charge < -0.3 is 15.7 Å². The van der Waals surface area contributed by atoms with E-state index in [2.05, 4.69) is 0 Å². The van der Waals surface area contributed by atoms with Crippen molar-refractivity contribution in [1.29, 1.82) is 0 Å². The number of nitrogens with two attached hydrogens (primary N) is 1. The van der Waals surface area contributed by atoms with Gasteiger partial charge in [0.25, 0.3) is 5.91 Å². The van der Waals surface area contributed by atoms with Gasteiger partial charge >= 0.3 is 5.92 Å². The van der Waals surface area contributed by atoms with Crippen LogP contribution in [0.2, 0.25) is 0 Å². The molecule has 0 aliphatic heterocycles. The third-order valence-electron chi connectivity index (χ3n) is 2.78. The van der Waals surface area contributed by atoms with Gasteiger partial charge in [0, 0.05) is 20.1 Å². The first-order valence-electron chi connectivity index (χ1n) is 5.84. The number of hydrogen-bond donors (Lipinski definition) is 2. The van der Waals surface area contributed by atoms with E-state index in [0.717, 1.165) is 10.5 Å². The van der Waals surface area contributed by atoms with Gasteiger partial charge in [-0.1, -0.05) is 30.3 Å². The monoisotopic (exact) mass is 272 g/mol. The summed E-state index contributed by atoms with van der Waals surface area (Å²) >= 11 is 0. The minimum absolute atomic E-state index is 0.0678. The van der Waals surface area contributed by atoms with E-state index in [0.29, 0.717) is 0 Å². The summed E-state index contributed by atoms with van der Waals surface area (Å²) in [6.07, 6.45) is -2.15. The highest BCUT2D eigenvalue weighted by molar-refractivity contribution is 5.83. The number of alkyl halides is 2. The van der Waals surface area contributed by atoms with Crippen LogP contribution in [-0.4, -0.2) is 48.1 Å². The first kappa shape index (κ1) is 15.5. The van der Waals surface area contributed by atoms with Crippen molar-refractivity contribution in [2.45, 2.75) is 24.5 Å². The van der Waals surface area contributed by atoms with Crippen LogP contribution in [0.15, 0.2) is 30.3 Å². The van der Waals surface area contributed by atoms with E-state index >= 15 is 0 Å². The van der Waals surface area contributed by atoms with E-state index in [1.165, 1.54) is 14.1 Å². The Morgan fingerprint density at radius 1 is 1.37 bits per heavy atom. The molecular formula is C13H18F2N2O2. The number of nitrogens with zero attached hydrogens (tertiary/aromatic N) is 1. The molecule has 0 saturated heterocycles. The predicted octanol–water partition coefficient (Wildman–Crippen LogP) is 0.641. The van der Waals surface area contributed by atoms with Gasteiger partial charge in [0.1, 0.15) is 6.10 Å². The van der Waals surface area contributed by atoms with Gasteiger partial charge in [-0.3, -0.25) is 4.79 Å². The number of carbonyl (C=O) groups excluding carboxylic acids is 1. The molecule has 0 aliphatic rings. The third kappa shape index (κ3) is 3.71. The van der Waals surface area contributed by atoms with Crippen LogP contribution in [0, 0.1) is 0 Å². The average molecular weight is 272 g/mol. The fraction of sp³-hybridized carbons (Fsp3) is 0.462. The Hall–Kier alpha value is -1.53. The third-order valence-corrected chi connectivity index (χ3v) is 2.78. The van der Waals surface area contributed by atoms with E-state index in [9.17, 15) is 18.7 Å². The van der Waals surface area contributed by atoms with Crippen LogP contribution in [0.1, 0.15) is 5.56 Å². The molecule has 0 bridgehead atoms. The summed E-state index contributed by atoms with van der Waals surface area (Å²) in [4.78, 5) is 12.1. The lowest BCUT2D eigenvalue weighted by Gasteiger charge is -2.28. The Morgan fingerprint density at radius 2 is 1.89 bits per heavy atom. The molecule has 4 nitrogen and oxygen atoms in total. The molecule has 0 fully saturated rings. The molecule has 19 heavy (non-hydrogen) atoms. The van der Waals surface area contributed by atoms with Crippen LogP contribution < -0.4 is 5.73 Å². The SMILES string of the molecule is CN(C)C(=O)C(F)(F)C(O)C(N)Cc1ccccc1. The average Bonchev–Trinajstić information content (AvgIpc) is 2.37. The zero-order valence-electron chi connectivity index (χ0n) is 10.9. The van der Waals surface area contributed by atoms with Gasteiger partial charge in [-0.15, -0.1) is 0 Å². The van der Waals surface area contributed by atoms with Crippen LogP contribution in [0.3, 0.4) is 0 Å². The largest absolute Gasteiger partial charge is 0.385 e. The normalized spacial score (nSPS) is 14.8. The fourth-order valence-electron chi connectivity index (χ4n) is 1.69. The second-order valence-corrected chi connectivity index (χ2v) is 4.62. The van der Waals surface area contributed by atoms with E-state index in [4.69, 9.17) is 5.73 Å². The minimum Gasteiger partial charge on any atom is -0.385 e. The van der Waals surface area contributed by atoms with Crippen LogP contribution >= 0.6 is 0 Å². The first-order chi connectivity index (χ1) is 8.76. The molecule has 1 rings (SSSR count). The Kier molecular flexibility index (Phi) is 4.97. The molecule has 2 unspecified atom stereocenters. The van der Waals surface area contributed by atoms with Crippen LogP contribution in [-0.2, 0) is 11.2 Å². The maximum absolute atomic E-state index is 13.7. The van der Waals surface area contributed by atoms with Crippen molar-refractivity contribution in [3.05, 3.63) is 35.9 Å². The highest BCUT2D eigenvalue weighted by Crippen LogP contribution is 2.24. The number of amides is 1. The molecule has 1 aromatic carbocycles. The molecule has 0 aliphatic carbocycles. The standard InChI is InChI=1S/C13H18F2N2O2/c1-17(2)12(19)13(14,15)11(18)10(16)8-9-6-4-3-5-7-9/h3-7,10-11,18H,8,16H2,1-2H3. The molecule has 106 valence electrons. The van der Waals surface area contributed by atoms with Gasteiger partial charge in [0.15, 0.2) is 0 Å². The minimum atomic E-state index is -3.89. The molecule has 0 saturated carbocycles. The highest BCUT2D eigenvalue weighted by Gasteiger charge is 2.49. The molecule has 3 N–H and O–H groups in total. The van der Waals surface area contributed by atoms with E-state index in [1.807, 2.05) is 0 Å². The Morgan fingerprint density at radius 3 is 2.37 bits per heavy atom. The molecule has 0 spiro atoms. The smallest absolute Gasteiger partial charge is 0.351 e. The number of aliphatic hydroxyl groups excluding tert-OH is 1. The van der Waals surface area contributed by atoms with E-state index in [-0.39, 0.29) is 6.42 Å². The molecule has 0 aromatic heterocycles. The molecule has 0 heterocycles. The molecule has 1 amide bonds. The van der Waals surface area contributed by atoms with Gasteiger partial charge in [-0.25, -0.2) is 0 Å². The predicted molar refractivity (Wildman–Crippen MR) is 67.8 cm³/mol.